The molecule has 0 bridgehead atoms. The number of benzene rings is 2. The van der Waals surface area contributed by atoms with E-state index in [1.54, 1.807) is 48.5 Å². The quantitative estimate of drug-likeness (QED) is 0.529. The third kappa shape index (κ3) is 3.63. The molecule has 0 N–H and O–H groups in total. The first-order valence-electron chi connectivity index (χ1n) is 11.8. The van der Waals surface area contributed by atoms with Crippen LogP contribution >= 0.6 is 0 Å². The molecule has 2 aromatic carbocycles. The molecular formula is C30H26O5. The highest BCUT2D eigenvalue weighted by Gasteiger charge is 2.49. The molecule has 5 nitrogen and oxygen atoms in total. The van der Waals surface area contributed by atoms with Crippen LogP contribution in [0.15, 0.2) is 82.7 Å². The maximum Gasteiger partial charge on any atom is 0.228 e. The fourth-order valence-electron chi connectivity index (χ4n) is 5.27. The van der Waals surface area contributed by atoms with Crippen molar-refractivity contribution in [3.63, 3.8) is 0 Å². The minimum Gasteiger partial charge on any atom is -0.483 e. The van der Waals surface area contributed by atoms with Crippen molar-refractivity contribution in [2.45, 2.75) is 46.1 Å². The van der Waals surface area contributed by atoms with Crippen molar-refractivity contribution in [2.24, 2.45) is 5.92 Å². The lowest BCUT2D eigenvalue weighted by Crippen LogP contribution is -2.43. The van der Waals surface area contributed by atoms with E-state index in [-0.39, 0.29) is 40.9 Å². The minimum atomic E-state index is -0.819. The molecule has 0 saturated heterocycles. The van der Waals surface area contributed by atoms with Crippen molar-refractivity contribution in [3.8, 4) is 0 Å². The molecule has 5 heteroatoms. The second kappa shape index (κ2) is 8.12. The molecule has 0 amide bonds. The Morgan fingerprint density at radius 2 is 1.29 bits per heavy atom. The van der Waals surface area contributed by atoms with Crippen molar-refractivity contribution in [2.75, 3.05) is 0 Å². The van der Waals surface area contributed by atoms with Crippen molar-refractivity contribution in [3.05, 3.63) is 105 Å². The average Bonchev–Trinajstić information content (AvgIpc) is 2.82. The Morgan fingerprint density at radius 1 is 0.800 bits per heavy atom. The van der Waals surface area contributed by atoms with Crippen LogP contribution in [0.2, 0.25) is 0 Å². The molecule has 2 aliphatic carbocycles. The van der Waals surface area contributed by atoms with Gasteiger partial charge in [-0.2, -0.15) is 0 Å². The second-order valence-electron chi connectivity index (χ2n) is 10.1. The zero-order valence-corrected chi connectivity index (χ0v) is 20.2. The Labute approximate surface area is 204 Å². The van der Waals surface area contributed by atoms with Crippen LogP contribution in [0.5, 0.6) is 0 Å². The number of carbonyl (C=O) groups excluding carboxylic acids is 4. The number of hydrogen-bond acceptors (Lipinski definition) is 5. The van der Waals surface area contributed by atoms with E-state index in [0.29, 0.717) is 39.8 Å². The third-order valence-corrected chi connectivity index (χ3v) is 6.86. The van der Waals surface area contributed by atoms with Crippen LogP contribution in [0, 0.1) is 5.92 Å². The van der Waals surface area contributed by atoms with Gasteiger partial charge < -0.3 is 4.74 Å². The van der Waals surface area contributed by atoms with Crippen LogP contribution in [0.3, 0.4) is 0 Å². The Bertz CT molecular complexity index is 1430. The van der Waals surface area contributed by atoms with E-state index in [1.807, 2.05) is 33.8 Å². The first-order chi connectivity index (χ1) is 16.6. The molecule has 1 atom stereocenters. The Morgan fingerprint density at radius 3 is 1.83 bits per heavy atom. The van der Waals surface area contributed by atoms with E-state index in [9.17, 15) is 19.2 Å². The molecule has 35 heavy (non-hydrogen) atoms. The summed E-state index contributed by atoms with van der Waals surface area (Å²) in [5, 5.41) is 0. The summed E-state index contributed by atoms with van der Waals surface area (Å²) in [7, 11) is 0. The summed E-state index contributed by atoms with van der Waals surface area (Å²) >= 11 is 0. The predicted octanol–water partition coefficient (Wildman–Crippen LogP) is 5.87. The van der Waals surface area contributed by atoms with E-state index in [1.165, 1.54) is 0 Å². The van der Waals surface area contributed by atoms with Crippen LogP contribution in [0.1, 0.15) is 82.0 Å². The van der Waals surface area contributed by atoms with Gasteiger partial charge in [0.1, 0.15) is 5.60 Å². The zero-order valence-electron chi connectivity index (χ0n) is 20.2. The van der Waals surface area contributed by atoms with Gasteiger partial charge in [-0.3, -0.25) is 19.2 Å². The normalized spacial score (nSPS) is 20.7. The number of ether oxygens (including phenoxy) is 1. The molecule has 0 saturated carbocycles. The van der Waals surface area contributed by atoms with E-state index in [0.717, 1.165) is 5.57 Å². The van der Waals surface area contributed by atoms with Crippen molar-refractivity contribution < 1.29 is 23.9 Å². The Hall–Kier alpha value is -3.86. The van der Waals surface area contributed by atoms with Crippen molar-refractivity contribution in [1.82, 2.24) is 0 Å². The average molecular weight is 467 g/mol. The molecule has 0 radical (unpaired) electrons. The summed E-state index contributed by atoms with van der Waals surface area (Å²) in [5.41, 5.74) is 2.35. The van der Waals surface area contributed by atoms with Gasteiger partial charge in [-0.25, -0.2) is 0 Å². The summed E-state index contributed by atoms with van der Waals surface area (Å²) in [4.78, 5) is 54.8. The van der Waals surface area contributed by atoms with Gasteiger partial charge in [-0.05, 0) is 40.5 Å². The van der Waals surface area contributed by atoms with Crippen LogP contribution in [-0.4, -0.2) is 28.7 Å². The number of allylic oxidation sites excluding steroid dienone is 6. The molecule has 176 valence electrons. The van der Waals surface area contributed by atoms with Gasteiger partial charge in [0.15, 0.2) is 23.1 Å². The number of ketones is 4. The van der Waals surface area contributed by atoms with Crippen LogP contribution in [0.25, 0.3) is 0 Å². The summed E-state index contributed by atoms with van der Waals surface area (Å²) in [5.74, 6) is -1.93. The Kier molecular flexibility index (Phi) is 5.32. The van der Waals surface area contributed by atoms with E-state index < -0.39 is 11.5 Å². The van der Waals surface area contributed by atoms with Crippen LogP contribution in [-0.2, 0) is 4.74 Å². The lowest BCUT2D eigenvalue weighted by molar-refractivity contribution is 0.000454. The van der Waals surface area contributed by atoms with E-state index in [2.05, 4.69) is 0 Å². The number of Topliss-reactive ketones (excluding diaryl/α,β-unsaturated/α-hetero) is 4. The summed E-state index contributed by atoms with van der Waals surface area (Å²) in [6, 6.07) is 13.4. The molecule has 1 unspecified atom stereocenters. The zero-order chi connectivity index (χ0) is 25.1. The number of fused-ring (bicyclic) bond motifs is 2. The van der Waals surface area contributed by atoms with Gasteiger partial charge in [0, 0.05) is 39.3 Å². The lowest BCUT2D eigenvalue weighted by atomic mass is 9.68. The molecule has 5 rings (SSSR count). The molecule has 0 fully saturated rings. The highest BCUT2D eigenvalue weighted by Crippen LogP contribution is 2.47. The molecular weight excluding hydrogens is 440 g/mol. The second-order valence-corrected chi connectivity index (χ2v) is 10.1. The number of rotatable bonds is 3. The number of hydrogen-bond donors (Lipinski definition) is 0. The summed E-state index contributed by atoms with van der Waals surface area (Å²) in [6.45, 7) is 7.53. The highest BCUT2D eigenvalue weighted by atomic mass is 16.5. The first-order valence-corrected chi connectivity index (χ1v) is 11.8. The highest BCUT2D eigenvalue weighted by molar-refractivity contribution is 6.30. The fourth-order valence-corrected chi connectivity index (χ4v) is 5.27. The fraction of sp³-hybridized carbons (Fsp3) is 0.267. The minimum absolute atomic E-state index is 0.0110. The third-order valence-electron chi connectivity index (χ3n) is 6.86. The van der Waals surface area contributed by atoms with Gasteiger partial charge in [-0.1, -0.05) is 60.2 Å². The Balaban J connectivity index is 1.78. The SMILES string of the molecule is CC(C)=CCC1=C(C2CC(C)(C)OC3=C2C(=O)c2ccccc2C3=O)C(=O)c2ccccc2C1=O. The number of carbonyl (C=O) groups is 4. The maximum absolute atomic E-state index is 13.9. The summed E-state index contributed by atoms with van der Waals surface area (Å²) in [6.07, 6.45) is 2.48. The predicted molar refractivity (Wildman–Crippen MR) is 132 cm³/mol. The van der Waals surface area contributed by atoms with Crippen LogP contribution in [0.4, 0.5) is 0 Å². The van der Waals surface area contributed by atoms with Crippen molar-refractivity contribution in [1.29, 1.82) is 0 Å². The van der Waals surface area contributed by atoms with E-state index in [4.69, 9.17) is 4.74 Å². The largest absolute Gasteiger partial charge is 0.483 e. The standard InChI is InChI=1S/C30H26O5/c1-16(2)13-14-21-23(26(32)18-10-6-5-9-17(18)25(21)31)22-15-30(3,4)35-29-24(22)27(33)19-11-7-8-12-20(19)28(29)34/h5-13,22H,14-15H2,1-4H3. The van der Waals surface area contributed by atoms with Gasteiger partial charge in [0.05, 0.1) is 5.57 Å². The van der Waals surface area contributed by atoms with Gasteiger partial charge in [-0.15, -0.1) is 0 Å². The maximum atomic E-state index is 13.9. The van der Waals surface area contributed by atoms with Crippen molar-refractivity contribution >= 4 is 23.1 Å². The first kappa shape index (κ1) is 22.9. The summed E-state index contributed by atoms with van der Waals surface area (Å²) < 4.78 is 6.08. The molecule has 3 aliphatic rings. The molecule has 1 heterocycles. The monoisotopic (exact) mass is 466 g/mol. The smallest absolute Gasteiger partial charge is 0.228 e. The van der Waals surface area contributed by atoms with Gasteiger partial charge in [0.25, 0.3) is 0 Å². The lowest BCUT2D eigenvalue weighted by Gasteiger charge is -2.41. The molecule has 2 aromatic rings. The van der Waals surface area contributed by atoms with Crippen LogP contribution < -0.4 is 0 Å². The molecule has 0 spiro atoms. The molecule has 0 aromatic heterocycles. The molecule has 1 aliphatic heterocycles. The van der Waals surface area contributed by atoms with Gasteiger partial charge >= 0.3 is 0 Å². The topological polar surface area (TPSA) is 77.5 Å². The van der Waals surface area contributed by atoms with Gasteiger partial charge in [0.2, 0.25) is 5.78 Å². The van der Waals surface area contributed by atoms with E-state index >= 15 is 0 Å².